The van der Waals surface area contributed by atoms with Gasteiger partial charge in [-0.05, 0) is 47.5 Å². The highest BCUT2D eigenvalue weighted by molar-refractivity contribution is 9.09. The van der Waals surface area contributed by atoms with Crippen LogP contribution in [0.25, 0.3) is 0 Å². The fraction of sp³-hybridized carbons (Fsp3) is 1.00. The Bertz CT molecular complexity index is 292. The van der Waals surface area contributed by atoms with Crippen LogP contribution >= 0.6 is 64.0 Å². The maximum absolute atomic E-state index is 11.7. The van der Waals surface area contributed by atoms with Crippen molar-refractivity contribution in [2.75, 3.05) is 55.2 Å². The molecule has 0 spiro atoms. The summed E-state index contributed by atoms with van der Waals surface area (Å²) in [6, 6.07) is 0. The van der Waals surface area contributed by atoms with Gasteiger partial charge in [0, 0.05) is 16.0 Å². The van der Waals surface area contributed by atoms with E-state index in [9.17, 15) is 4.57 Å². The minimum atomic E-state index is -2.77. The second-order valence-electron chi connectivity index (χ2n) is 4.42. The molecule has 0 aromatic heterocycles. The minimum absolute atomic E-state index is 0.444. The Kier molecular flexibility index (Phi) is 34.7. The summed E-state index contributed by atoms with van der Waals surface area (Å²) >= 11 is 9.83. The molecule has 0 bridgehead atoms. The van der Waals surface area contributed by atoms with Crippen molar-refractivity contribution in [2.45, 2.75) is 47.5 Å². The molecule has 0 rings (SSSR count). The van der Waals surface area contributed by atoms with Crippen LogP contribution in [-0.2, 0) is 27.2 Å². The Morgan fingerprint density at radius 3 is 1.26 bits per heavy atom. The lowest BCUT2D eigenvalue weighted by molar-refractivity contribution is 0.176. The first-order chi connectivity index (χ1) is 12.9. The molecule has 168 valence electrons. The van der Waals surface area contributed by atoms with Crippen LogP contribution in [0, 0.1) is 0 Å². The van der Waals surface area contributed by atoms with Gasteiger partial charge in [0.1, 0.15) is 0 Å². The van der Waals surface area contributed by atoms with Crippen molar-refractivity contribution < 1.29 is 27.2 Å². The predicted octanol–water partition coefficient (Wildman–Crippen LogP) is 7.53. The molecule has 0 aromatic rings. The number of hydrogen-bond acceptors (Lipinski definition) is 6. The Hall–Kier alpha value is 1.90. The van der Waals surface area contributed by atoms with E-state index < -0.39 is 16.2 Å². The van der Waals surface area contributed by atoms with Crippen LogP contribution < -0.4 is 0 Å². The van der Waals surface area contributed by atoms with E-state index >= 15 is 0 Å². The van der Waals surface area contributed by atoms with Crippen LogP contribution in [0.1, 0.15) is 47.5 Å². The lowest BCUT2D eigenvalue weighted by atomic mass is 10.6. The topological polar surface area (TPSA) is 63.2 Å². The molecule has 0 heterocycles. The zero-order valence-electron chi connectivity index (χ0n) is 17.3. The first-order valence-electron chi connectivity index (χ1n) is 9.19. The highest BCUT2D eigenvalue weighted by Crippen LogP contribution is 2.48. The van der Waals surface area contributed by atoms with Gasteiger partial charge in [0.2, 0.25) is 0 Å². The third kappa shape index (κ3) is 27.9. The van der Waals surface area contributed by atoms with E-state index in [2.05, 4.69) is 47.8 Å². The average Bonchev–Trinajstić information content (AvgIpc) is 2.63. The second kappa shape index (κ2) is 27.9. The van der Waals surface area contributed by atoms with Crippen molar-refractivity contribution in [3.63, 3.8) is 0 Å². The fourth-order valence-corrected chi connectivity index (χ4v) is 5.84. The number of alkyl halides is 3. The molecule has 0 radical (unpaired) electrons. The van der Waals surface area contributed by atoms with Gasteiger partial charge in [0.15, 0.2) is 0 Å². The first-order valence-corrected chi connectivity index (χ1v) is 15.4. The fourth-order valence-electron chi connectivity index (χ4n) is 1.29. The van der Waals surface area contributed by atoms with Crippen molar-refractivity contribution in [2.24, 2.45) is 0 Å². The molecule has 0 amide bonds. The van der Waals surface area contributed by atoms with Gasteiger partial charge >= 0.3 is 16.2 Å². The molecule has 0 aromatic carbocycles. The number of rotatable bonds is 15. The molecule has 11 heteroatoms. The van der Waals surface area contributed by atoms with E-state index in [4.69, 9.17) is 22.6 Å². The third-order valence-corrected chi connectivity index (χ3v) is 7.44. The van der Waals surface area contributed by atoms with Gasteiger partial charge in [-0.2, -0.15) is 0 Å². The summed E-state index contributed by atoms with van der Waals surface area (Å²) in [5.41, 5.74) is 0. The van der Waals surface area contributed by atoms with E-state index in [1.54, 1.807) is 0 Å². The van der Waals surface area contributed by atoms with E-state index in [0.29, 0.717) is 39.2 Å². The lowest BCUT2D eigenvalue weighted by Gasteiger charge is -2.15. The zero-order chi connectivity index (χ0) is 21.4. The monoisotopic (exact) mass is 624 g/mol. The third-order valence-electron chi connectivity index (χ3n) is 2.19. The Morgan fingerprint density at radius 1 is 0.667 bits per heavy atom. The van der Waals surface area contributed by atoms with Crippen LogP contribution in [-0.4, -0.2) is 55.2 Å². The Balaban J connectivity index is -0.000000347. The Morgan fingerprint density at radius 2 is 1.04 bits per heavy atom. The summed E-state index contributed by atoms with van der Waals surface area (Å²) in [5, 5.41) is 3.05. The Labute approximate surface area is 193 Å². The molecule has 0 unspecified atom stereocenters. The van der Waals surface area contributed by atoms with E-state index in [1.165, 1.54) is 6.42 Å². The maximum Gasteiger partial charge on any atom is 0.332 e. The SMILES string of the molecule is BrCCCBr.CCOP(=O)(CCCBr)OCC.CCOP(OCC)OCC. The largest absolute Gasteiger partial charge is 0.332 e. The van der Waals surface area contributed by atoms with E-state index in [1.807, 2.05) is 34.6 Å². The lowest BCUT2D eigenvalue weighted by Crippen LogP contribution is -2.00. The summed E-state index contributed by atoms with van der Waals surface area (Å²) in [7, 11) is -3.83. The van der Waals surface area contributed by atoms with Crippen molar-refractivity contribution in [1.29, 1.82) is 0 Å². The molecule has 0 N–H and O–H groups in total. The highest BCUT2D eigenvalue weighted by atomic mass is 79.9. The van der Waals surface area contributed by atoms with Gasteiger partial charge in [-0.1, -0.05) is 47.8 Å². The van der Waals surface area contributed by atoms with Gasteiger partial charge in [0.05, 0.1) is 39.2 Å². The van der Waals surface area contributed by atoms with E-state index in [-0.39, 0.29) is 0 Å². The van der Waals surface area contributed by atoms with Crippen LogP contribution in [0.5, 0.6) is 0 Å². The molecule has 0 aliphatic rings. The molecular weight excluding hydrogens is 590 g/mol. The van der Waals surface area contributed by atoms with Gasteiger partial charge in [0.25, 0.3) is 0 Å². The zero-order valence-corrected chi connectivity index (χ0v) is 23.8. The molecule has 0 aliphatic heterocycles. The highest BCUT2D eigenvalue weighted by Gasteiger charge is 2.21. The summed E-state index contributed by atoms with van der Waals surface area (Å²) in [5.74, 6) is 0. The second-order valence-corrected chi connectivity index (χ2v) is 10.2. The molecule has 0 fully saturated rings. The summed E-state index contributed by atoms with van der Waals surface area (Å²) in [6.07, 6.45) is 2.54. The minimum Gasteiger partial charge on any atom is -0.313 e. The quantitative estimate of drug-likeness (QED) is 0.138. The number of hydrogen-bond donors (Lipinski definition) is 0. The smallest absolute Gasteiger partial charge is 0.313 e. The average molecular weight is 627 g/mol. The van der Waals surface area contributed by atoms with Crippen molar-refractivity contribution in [3.05, 3.63) is 0 Å². The standard InChI is InChI=1S/C7H16BrO3P.C6H15O3P.C3H6Br2/c1-3-10-12(9,11-4-2)7-5-6-8;1-4-7-10(8-5-2)9-6-3;4-2-1-3-5/h3-7H2,1-2H3;4-6H2,1-3H3;1-3H2. The molecule has 0 saturated heterocycles. The van der Waals surface area contributed by atoms with Gasteiger partial charge in [-0.25, -0.2) is 0 Å². The summed E-state index contributed by atoms with van der Waals surface area (Å²) in [4.78, 5) is 0. The van der Waals surface area contributed by atoms with Crippen LogP contribution in [0.2, 0.25) is 0 Å². The van der Waals surface area contributed by atoms with E-state index in [0.717, 1.165) is 22.4 Å². The van der Waals surface area contributed by atoms with Crippen LogP contribution in [0.4, 0.5) is 0 Å². The van der Waals surface area contributed by atoms with Gasteiger partial charge in [-0.3, -0.25) is 4.57 Å². The van der Waals surface area contributed by atoms with Crippen molar-refractivity contribution >= 4 is 64.0 Å². The predicted molar refractivity (Wildman–Crippen MR) is 128 cm³/mol. The first kappa shape index (κ1) is 33.5. The van der Waals surface area contributed by atoms with Gasteiger partial charge in [-0.15, -0.1) is 0 Å². The number of halogens is 3. The van der Waals surface area contributed by atoms with Gasteiger partial charge < -0.3 is 22.6 Å². The van der Waals surface area contributed by atoms with Crippen molar-refractivity contribution in [3.8, 4) is 0 Å². The summed E-state index contributed by atoms with van der Waals surface area (Å²) < 4.78 is 37.3. The normalized spacial score (nSPS) is 10.9. The maximum atomic E-state index is 11.7. The molecule has 0 atom stereocenters. The molecule has 6 nitrogen and oxygen atoms in total. The van der Waals surface area contributed by atoms with Crippen LogP contribution in [0.3, 0.4) is 0 Å². The van der Waals surface area contributed by atoms with Crippen LogP contribution in [0.15, 0.2) is 0 Å². The summed E-state index contributed by atoms with van der Waals surface area (Å²) in [6.45, 7) is 12.2. The molecule has 0 aliphatic carbocycles. The molecule has 27 heavy (non-hydrogen) atoms. The van der Waals surface area contributed by atoms with Crippen molar-refractivity contribution in [1.82, 2.24) is 0 Å². The molecule has 0 saturated carbocycles. The molecular formula is C16H37Br3O6P2.